The Morgan fingerprint density at radius 1 is 1.15 bits per heavy atom. The van der Waals surface area contributed by atoms with Gasteiger partial charge in [-0.2, -0.15) is 0 Å². The molecule has 4 aliphatic carbocycles. The molecular weight excluding hydrogens is 348 g/mol. The number of carbonyl (C=O) groups excluding carboxylic acids is 2. The molecule has 1 heterocycles. The summed E-state index contributed by atoms with van der Waals surface area (Å²) in [6, 6.07) is -0.458. The molecule has 0 radical (unpaired) electrons. The predicted octanol–water partition coefficient (Wildman–Crippen LogP) is 3.60. The van der Waals surface area contributed by atoms with E-state index in [0.29, 0.717) is 29.1 Å². The average Bonchev–Trinajstić information content (AvgIpc) is 2.58. The third-order valence-corrected chi connectivity index (χ3v) is 8.20. The van der Waals surface area contributed by atoms with Crippen LogP contribution in [0.2, 0.25) is 0 Å². The predicted molar refractivity (Wildman–Crippen MR) is 103 cm³/mol. The lowest BCUT2D eigenvalue weighted by molar-refractivity contribution is -0.139. The van der Waals surface area contributed by atoms with Gasteiger partial charge in [-0.3, -0.25) is 0 Å². The minimum atomic E-state index is -0.298. The second kappa shape index (κ2) is 7.10. The quantitative estimate of drug-likeness (QED) is 0.693. The first-order chi connectivity index (χ1) is 12.5. The molecule has 1 aliphatic heterocycles. The Labute approximate surface area is 160 Å². The molecule has 0 spiro atoms. The zero-order valence-corrected chi connectivity index (χ0v) is 16.6. The topological polar surface area (TPSA) is 67.4 Å². The maximum absolute atomic E-state index is 12.5. The Morgan fingerprint density at radius 2 is 1.77 bits per heavy atom. The normalized spacial score (nSPS) is 38.2. The van der Waals surface area contributed by atoms with Crippen LogP contribution in [0.4, 0.5) is 4.79 Å². The number of thioether (sulfide) groups is 1. The Hall–Kier alpha value is -1.17. The summed E-state index contributed by atoms with van der Waals surface area (Å²) < 4.78 is 5.64. The largest absolute Gasteiger partial charge is 0.463 e. The van der Waals surface area contributed by atoms with Gasteiger partial charge in [0.25, 0.3) is 0 Å². The van der Waals surface area contributed by atoms with E-state index >= 15 is 0 Å². The summed E-state index contributed by atoms with van der Waals surface area (Å²) in [6.07, 6.45) is 8.91. The zero-order valence-electron chi connectivity index (χ0n) is 15.8. The van der Waals surface area contributed by atoms with E-state index in [9.17, 15) is 9.59 Å². The minimum Gasteiger partial charge on any atom is -0.463 e. The van der Waals surface area contributed by atoms with Crippen molar-refractivity contribution in [3.63, 3.8) is 0 Å². The van der Waals surface area contributed by atoms with Crippen molar-refractivity contribution in [2.45, 2.75) is 69.6 Å². The molecule has 2 N–H and O–H groups in total. The molecule has 4 bridgehead atoms. The third-order valence-electron chi connectivity index (χ3n) is 6.65. The van der Waals surface area contributed by atoms with Gasteiger partial charge in [-0.1, -0.05) is 6.92 Å². The van der Waals surface area contributed by atoms with Gasteiger partial charge >= 0.3 is 12.0 Å². The lowest BCUT2D eigenvalue weighted by atomic mass is 9.56. The Kier molecular flexibility index (Phi) is 4.97. The van der Waals surface area contributed by atoms with Crippen LogP contribution >= 0.6 is 11.8 Å². The molecule has 0 aromatic heterocycles. The monoisotopic (exact) mass is 378 g/mol. The van der Waals surface area contributed by atoms with E-state index in [-0.39, 0.29) is 18.0 Å². The van der Waals surface area contributed by atoms with Gasteiger partial charge in [0, 0.05) is 16.2 Å². The fraction of sp³-hybridized carbons (Fsp3) is 0.800. The van der Waals surface area contributed by atoms with Crippen LogP contribution in [0, 0.1) is 17.8 Å². The van der Waals surface area contributed by atoms with Gasteiger partial charge in [0.05, 0.1) is 18.2 Å². The van der Waals surface area contributed by atoms with Gasteiger partial charge in [-0.25, -0.2) is 9.59 Å². The van der Waals surface area contributed by atoms with Gasteiger partial charge in [0.2, 0.25) is 0 Å². The van der Waals surface area contributed by atoms with Gasteiger partial charge in [0.1, 0.15) is 0 Å². The van der Waals surface area contributed by atoms with Crippen LogP contribution in [0.1, 0.15) is 58.8 Å². The summed E-state index contributed by atoms with van der Waals surface area (Å²) in [7, 11) is 0. The number of ether oxygens (including phenoxy) is 1. The van der Waals surface area contributed by atoms with Crippen LogP contribution in [0.5, 0.6) is 0 Å². The molecule has 0 aromatic rings. The molecule has 144 valence electrons. The van der Waals surface area contributed by atoms with Crippen LogP contribution in [0.25, 0.3) is 0 Å². The fourth-order valence-electron chi connectivity index (χ4n) is 6.01. The number of amides is 2. The van der Waals surface area contributed by atoms with Gasteiger partial charge in [-0.15, -0.1) is 11.8 Å². The summed E-state index contributed by atoms with van der Waals surface area (Å²) in [4.78, 5) is 24.6. The molecule has 0 saturated heterocycles. The minimum absolute atomic E-state index is 0.203. The van der Waals surface area contributed by atoms with Gasteiger partial charge < -0.3 is 15.4 Å². The number of esters is 1. The highest BCUT2D eigenvalue weighted by Gasteiger charge is 2.51. The van der Waals surface area contributed by atoms with Crippen molar-refractivity contribution in [1.29, 1.82) is 0 Å². The maximum atomic E-state index is 12.5. The van der Waals surface area contributed by atoms with E-state index in [2.05, 4.69) is 10.6 Å². The van der Waals surface area contributed by atoms with E-state index in [1.165, 1.54) is 38.5 Å². The van der Waals surface area contributed by atoms with Gasteiger partial charge in [-0.05, 0) is 69.6 Å². The summed E-state index contributed by atoms with van der Waals surface area (Å²) in [5, 5.41) is 5.77. The molecule has 6 heteroatoms. The Morgan fingerprint density at radius 3 is 2.31 bits per heavy atom. The molecule has 2 amide bonds. The Bertz CT molecular complexity index is 595. The standard InChI is InChI=1S/C20H30N2O3S/c1-3-15-17(18(23)25-4-2)16(22-19(24)21-15)11-26-20-8-12-5-13(9-20)7-14(6-12)10-20/h12-15H,3-11H2,1-2H3,(H2,21,22,24)/t12?,13?,14?,15-,20?/m0/s1. The third kappa shape index (κ3) is 3.37. The van der Waals surface area contributed by atoms with E-state index in [0.717, 1.165) is 23.5 Å². The van der Waals surface area contributed by atoms with E-state index < -0.39 is 0 Å². The molecule has 1 atom stereocenters. The summed E-state index contributed by atoms with van der Waals surface area (Å²) in [6.45, 7) is 4.15. The van der Waals surface area contributed by atoms with Crippen molar-refractivity contribution in [3.8, 4) is 0 Å². The number of hydrogen-bond acceptors (Lipinski definition) is 4. The molecule has 5 rings (SSSR count). The van der Waals surface area contributed by atoms with Crippen LogP contribution < -0.4 is 10.6 Å². The molecule has 26 heavy (non-hydrogen) atoms. The molecule has 5 aliphatic rings. The number of hydrogen-bond donors (Lipinski definition) is 2. The molecule has 5 nitrogen and oxygen atoms in total. The smallest absolute Gasteiger partial charge is 0.337 e. The zero-order chi connectivity index (χ0) is 18.3. The van der Waals surface area contributed by atoms with E-state index in [1.54, 1.807) is 0 Å². The van der Waals surface area contributed by atoms with Crippen LogP contribution in [0.3, 0.4) is 0 Å². The first-order valence-electron chi connectivity index (χ1n) is 10.1. The number of rotatable bonds is 6. The summed E-state index contributed by atoms with van der Waals surface area (Å²) >= 11 is 1.99. The molecular formula is C20H30N2O3S. The molecule has 4 fully saturated rings. The first kappa shape index (κ1) is 18.2. The number of carbonyl (C=O) groups is 2. The van der Waals surface area contributed by atoms with Crippen molar-refractivity contribution in [1.82, 2.24) is 10.6 Å². The molecule has 0 unspecified atom stereocenters. The number of nitrogens with one attached hydrogen (secondary N) is 2. The second-order valence-electron chi connectivity index (χ2n) is 8.56. The lowest BCUT2D eigenvalue weighted by Gasteiger charge is -2.56. The highest BCUT2D eigenvalue weighted by Crippen LogP contribution is 2.60. The van der Waals surface area contributed by atoms with E-state index in [1.807, 2.05) is 25.6 Å². The molecule has 4 saturated carbocycles. The Balaban J connectivity index is 1.54. The summed E-state index contributed by atoms with van der Waals surface area (Å²) in [5.74, 6) is 3.10. The van der Waals surface area contributed by atoms with Crippen LogP contribution in [-0.2, 0) is 9.53 Å². The van der Waals surface area contributed by atoms with Crippen molar-refractivity contribution >= 4 is 23.8 Å². The number of urea groups is 1. The maximum Gasteiger partial charge on any atom is 0.337 e. The first-order valence-corrected chi connectivity index (χ1v) is 11.1. The van der Waals surface area contributed by atoms with Crippen LogP contribution in [-0.4, -0.2) is 35.1 Å². The SMILES string of the molecule is CCOC(=O)C1=C(CSC23CC4CC(CC(C4)C2)C3)NC(=O)N[C@H]1CC. The highest BCUT2D eigenvalue weighted by molar-refractivity contribution is 8.00. The second-order valence-corrected chi connectivity index (χ2v) is 10.0. The molecule has 0 aromatic carbocycles. The lowest BCUT2D eigenvalue weighted by Crippen LogP contribution is -2.52. The van der Waals surface area contributed by atoms with Gasteiger partial charge in [0.15, 0.2) is 0 Å². The highest BCUT2D eigenvalue weighted by atomic mass is 32.2. The van der Waals surface area contributed by atoms with Crippen molar-refractivity contribution in [2.75, 3.05) is 12.4 Å². The average molecular weight is 379 g/mol. The summed E-state index contributed by atoms with van der Waals surface area (Å²) in [5.41, 5.74) is 1.38. The van der Waals surface area contributed by atoms with Crippen molar-refractivity contribution in [2.24, 2.45) is 17.8 Å². The van der Waals surface area contributed by atoms with E-state index in [4.69, 9.17) is 4.74 Å². The fourth-order valence-corrected chi connectivity index (χ4v) is 7.75. The van der Waals surface area contributed by atoms with Crippen LogP contribution in [0.15, 0.2) is 11.3 Å². The van der Waals surface area contributed by atoms with Crippen molar-refractivity contribution in [3.05, 3.63) is 11.3 Å². The van der Waals surface area contributed by atoms with Crippen molar-refractivity contribution < 1.29 is 14.3 Å².